The third kappa shape index (κ3) is 4.37. The molecule has 0 aromatic heterocycles. The SMILES string of the molecule is CNC(c1cc(OC)cc(OC)c1)C1CCCCCCC1. The van der Waals surface area contributed by atoms with Crippen LogP contribution < -0.4 is 14.8 Å². The fourth-order valence-corrected chi connectivity index (χ4v) is 3.50. The molecule has 1 fully saturated rings. The van der Waals surface area contributed by atoms with Crippen LogP contribution >= 0.6 is 0 Å². The first-order valence-electron chi connectivity index (χ1n) is 8.18. The van der Waals surface area contributed by atoms with Gasteiger partial charge in [-0.1, -0.05) is 32.1 Å². The van der Waals surface area contributed by atoms with Crippen LogP contribution in [0.2, 0.25) is 0 Å². The summed E-state index contributed by atoms with van der Waals surface area (Å²) in [5, 5.41) is 3.53. The van der Waals surface area contributed by atoms with Crippen molar-refractivity contribution < 1.29 is 9.47 Å². The summed E-state index contributed by atoms with van der Waals surface area (Å²) >= 11 is 0. The maximum absolute atomic E-state index is 5.42. The molecule has 1 N–H and O–H groups in total. The van der Waals surface area contributed by atoms with Gasteiger partial charge in [0.1, 0.15) is 11.5 Å². The number of rotatable bonds is 5. The average Bonchev–Trinajstić information content (AvgIpc) is 2.49. The summed E-state index contributed by atoms with van der Waals surface area (Å²) in [5.41, 5.74) is 1.28. The summed E-state index contributed by atoms with van der Waals surface area (Å²) in [7, 11) is 5.49. The van der Waals surface area contributed by atoms with Gasteiger partial charge in [0.2, 0.25) is 0 Å². The van der Waals surface area contributed by atoms with E-state index in [0.717, 1.165) is 11.5 Å². The Labute approximate surface area is 129 Å². The van der Waals surface area contributed by atoms with Gasteiger partial charge in [-0.05, 0) is 43.5 Å². The topological polar surface area (TPSA) is 30.5 Å². The third-order valence-electron chi connectivity index (χ3n) is 4.67. The van der Waals surface area contributed by atoms with E-state index in [4.69, 9.17) is 9.47 Å². The van der Waals surface area contributed by atoms with Gasteiger partial charge < -0.3 is 14.8 Å². The molecule has 1 aliphatic carbocycles. The maximum atomic E-state index is 5.42. The van der Waals surface area contributed by atoms with Gasteiger partial charge in [-0.25, -0.2) is 0 Å². The Bertz CT molecular complexity index is 403. The van der Waals surface area contributed by atoms with Crippen LogP contribution in [0.4, 0.5) is 0 Å². The minimum Gasteiger partial charge on any atom is -0.497 e. The Kier molecular flexibility index (Phi) is 6.37. The molecule has 1 unspecified atom stereocenters. The van der Waals surface area contributed by atoms with E-state index < -0.39 is 0 Å². The Hall–Kier alpha value is -1.22. The van der Waals surface area contributed by atoms with E-state index in [0.29, 0.717) is 12.0 Å². The fraction of sp³-hybridized carbons (Fsp3) is 0.667. The van der Waals surface area contributed by atoms with Crippen LogP contribution in [0.15, 0.2) is 18.2 Å². The van der Waals surface area contributed by atoms with Crippen LogP contribution in [0, 0.1) is 5.92 Å². The molecule has 0 amide bonds. The second-order valence-corrected chi connectivity index (χ2v) is 6.02. The Morgan fingerprint density at radius 3 is 1.90 bits per heavy atom. The second-order valence-electron chi connectivity index (χ2n) is 6.02. The molecule has 1 atom stereocenters. The van der Waals surface area contributed by atoms with Crippen LogP contribution in [-0.4, -0.2) is 21.3 Å². The third-order valence-corrected chi connectivity index (χ3v) is 4.67. The standard InChI is InChI=1S/C18H29NO2/c1-19-18(14-9-7-5-4-6-8-10-14)15-11-16(20-2)13-17(12-15)21-3/h11-14,18-19H,4-10H2,1-3H3. The molecule has 1 saturated carbocycles. The fourth-order valence-electron chi connectivity index (χ4n) is 3.50. The average molecular weight is 291 g/mol. The van der Waals surface area contributed by atoms with Gasteiger partial charge in [-0.3, -0.25) is 0 Å². The van der Waals surface area contributed by atoms with Crippen molar-refractivity contribution in [2.75, 3.05) is 21.3 Å². The van der Waals surface area contributed by atoms with E-state index >= 15 is 0 Å². The lowest BCUT2D eigenvalue weighted by molar-refractivity contribution is 0.297. The molecule has 2 rings (SSSR count). The first kappa shape index (κ1) is 16.2. The molecule has 0 saturated heterocycles. The molecule has 0 spiro atoms. The van der Waals surface area contributed by atoms with Crippen molar-refractivity contribution >= 4 is 0 Å². The van der Waals surface area contributed by atoms with Gasteiger partial charge in [0, 0.05) is 12.1 Å². The predicted octanol–water partition coefficient (Wildman–Crippen LogP) is 4.32. The van der Waals surface area contributed by atoms with Crippen molar-refractivity contribution in [1.29, 1.82) is 0 Å². The van der Waals surface area contributed by atoms with Crippen molar-refractivity contribution in [2.45, 2.75) is 51.0 Å². The molecule has 3 nitrogen and oxygen atoms in total. The first-order chi connectivity index (χ1) is 10.3. The summed E-state index contributed by atoms with van der Waals surface area (Å²) in [6.45, 7) is 0. The highest BCUT2D eigenvalue weighted by molar-refractivity contribution is 5.40. The second kappa shape index (κ2) is 8.28. The molecule has 1 aromatic rings. The summed E-state index contributed by atoms with van der Waals surface area (Å²) in [6, 6.07) is 6.60. The van der Waals surface area contributed by atoms with Crippen LogP contribution in [0.5, 0.6) is 11.5 Å². The van der Waals surface area contributed by atoms with Gasteiger partial charge >= 0.3 is 0 Å². The van der Waals surface area contributed by atoms with E-state index in [1.807, 2.05) is 6.07 Å². The zero-order valence-electron chi connectivity index (χ0n) is 13.7. The number of methoxy groups -OCH3 is 2. The molecule has 118 valence electrons. The van der Waals surface area contributed by atoms with Crippen LogP contribution in [0.3, 0.4) is 0 Å². The molecule has 0 aliphatic heterocycles. The highest BCUT2D eigenvalue weighted by atomic mass is 16.5. The van der Waals surface area contributed by atoms with Crippen LogP contribution in [-0.2, 0) is 0 Å². The van der Waals surface area contributed by atoms with E-state index in [1.54, 1.807) is 14.2 Å². The van der Waals surface area contributed by atoms with Crippen molar-refractivity contribution in [3.05, 3.63) is 23.8 Å². The number of hydrogen-bond donors (Lipinski definition) is 1. The summed E-state index contributed by atoms with van der Waals surface area (Å²) < 4.78 is 10.8. The number of ether oxygens (including phenoxy) is 2. The highest BCUT2D eigenvalue weighted by Gasteiger charge is 2.23. The Balaban J connectivity index is 2.22. The molecule has 0 heterocycles. The van der Waals surface area contributed by atoms with E-state index in [2.05, 4.69) is 24.5 Å². The lowest BCUT2D eigenvalue weighted by Crippen LogP contribution is -2.26. The van der Waals surface area contributed by atoms with Crippen molar-refractivity contribution in [2.24, 2.45) is 5.92 Å². The molecular weight excluding hydrogens is 262 g/mol. The lowest BCUT2D eigenvalue weighted by Gasteiger charge is -2.29. The summed E-state index contributed by atoms with van der Waals surface area (Å²) in [5.74, 6) is 2.44. The van der Waals surface area contributed by atoms with Gasteiger partial charge in [-0.15, -0.1) is 0 Å². The molecule has 0 bridgehead atoms. The number of benzene rings is 1. The zero-order chi connectivity index (χ0) is 15.1. The van der Waals surface area contributed by atoms with Gasteiger partial charge in [-0.2, -0.15) is 0 Å². The smallest absolute Gasteiger partial charge is 0.122 e. The normalized spacial score (nSPS) is 18.6. The number of nitrogens with one attached hydrogen (secondary N) is 1. The molecule has 1 aliphatic rings. The van der Waals surface area contributed by atoms with Gasteiger partial charge in [0.15, 0.2) is 0 Å². The van der Waals surface area contributed by atoms with Gasteiger partial charge in [0.25, 0.3) is 0 Å². The van der Waals surface area contributed by atoms with Crippen LogP contribution in [0.25, 0.3) is 0 Å². The predicted molar refractivity (Wildman–Crippen MR) is 87.2 cm³/mol. The van der Waals surface area contributed by atoms with Crippen molar-refractivity contribution in [1.82, 2.24) is 5.32 Å². The van der Waals surface area contributed by atoms with E-state index in [9.17, 15) is 0 Å². The molecule has 1 aromatic carbocycles. The first-order valence-corrected chi connectivity index (χ1v) is 8.18. The molecule has 21 heavy (non-hydrogen) atoms. The van der Waals surface area contributed by atoms with Crippen molar-refractivity contribution in [3.8, 4) is 11.5 Å². The molecule has 3 heteroatoms. The number of hydrogen-bond acceptors (Lipinski definition) is 3. The maximum Gasteiger partial charge on any atom is 0.122 e. The molecule has 0 radical (unpaired) electrons. The lowest BCUT2D eigenvalue weighted by atomic mass is 9.83. The Morgan fingerprint density at radius 1 is 0.905 bits per heavy atom. The minimum atomic E-state index is 0.382. The quantitative estimate of drug-likeness (QED) is 0.876. The zero-order valence-corrected chi connectivity index (χ0v) is 13.7. The summed E-state index contributed by atoms with van der Waals surface area (Å²) in [4.78, 5) is 0. The van der Waals surface area contributed by atoms with E-state index in [1.165, 1.54) is 50.5 Å². The van der Waals surface area contributed by atoms with E-state index in [-0.39, 0.29) is 0 Å². The van der Waals surface area contributed by atoms with Crippen LogP contribution in [0.1, 0.15) is 56.6 Å². The van der Waals surface area contributed by atoms with Gasteiger partial charge in [0.05, 0.1) is 14.2 Å². The summed E-state index contributed by atoms with van der Waals surface area (Å²) in [6.07, 6.45) is 9.50. The largest absolute Gasteiger partial charge is 0.497 e. The van der Waals surface area contributed by atoms with Crippen molar-refractivity contribution in [3.63, 3.8) is 0 Å². The highest BCUT2D eigenvalue weighted by Crippen LogP contribution is 2.35. The molecular formula is C18H29NO2. The Morgan fingerprint density at radius 2 is 1.43 bits per heavy atom. The minimum absolute atomic E-state index is 0.382. The monoisotopic (exact) mass is 291 g/mol.